The van der Waals surface area contributed by atoms with E-state index >= 15 is 0 Å². The van der Waals surface area contributed by atoms with Gasteiger partial charge in [-0.15, -0.1) is 0 Å². The Labute approximate surface area is 108 Å². The molecule has 2 rings (SSSR count). The van der Waals surface area contributed by atoms with Crippen LogP contribution in [0.2, 0.25) is 0 Å². The van der Waals surface area contributed by atoms with Crippen LogP contribution in [0.4, 0.5) is 0 Å². The number of hydrogen-bond acceptors (Lipinski definition) is 3. The first-order valence-corrected chi connectivity index (χ1v) is 6.62. The molecule has 1 fully saturated rings. The Bertz CT molecular complexity index is 378. The summed E-state index contributed by atoms with van der Waals surface area (Å²) in [5.41, 5.74) is 0.859. The zero-order chi connectivity index (χ0) is 12.8. The van der Waals surface area contributed by atoms with Gasteiger partial charge in [0.05, 0.1) is 6.42 Å². The minimum absolute atomic E-state index is 0.203. The Morgan fingerprint density at radius 3 is 3.17 bits per heavy atom. The molecule has 0 spiro atoms. The molecule has 1 unspecified atom stereocenters. The first-order chi connectivity index (χ1) is 8.79. The normalized spacial score (nSPS) is 19.8. The first kappa shape index (κ1) is 13.0. The molecule has 4 nitrogen and oxygen atoms in total. The van der Waals surface area contributed by atoms with Crippen molar-refractivity contribution in [3.63, 3.8) is 0 Å². The molecule has 1 atom stereocenters. The molecule has 0 aliphatic carbocycles. The molecule has 0 aromatic carbocycles. The van der Waals surface area contributed by atoms with Gasteiger partial charge < -0.3 is 10.2 Å². The van der Waals surface area contributed by atoms with Crippen LogP contribution in [0.15, 0.2) is 24.4 Å². The highest BCUT2D eigenvalue weighted by Gasteiger charge is 2.23. The summed E-state index contributed by atoms with van der Waals surface area (Å²) in [4.78, 5) is 18.4. The SMILES string of the molecule is CNCC1CCCN(C(=O)Cc2ccccn2)C1. The molecule has 1 saturated heterocycles. The Morgan fingerprint density at radius 1 is 1.56 bits per heavy atom. The molecule has 1 amide bonds. The standard InChI is InChI=1S/C14H21N3O/c1-15-10-12-5-4-8-17(11-12)14(18)9-13-6-2-3-7-16-13/h2-3,6-7,12,15H,4-5,8-11H2,1H3. The summed E-state index contributed by atoms with van der Waals surface area (Å²) in [6.07, 6.45) is 4.49. The van der Waals surface area contributed by atoms with Gasteiger partial charge in [0.2, 0.25) is 5.91 Å². The fourth-order valence-electron chi connectivity index (χ4n) is 2.52. The second-order valence-corrected chi connectivity index (χ2v) is 4.90. The average molecular weight is 247 g/mol. The number of hydrogen-bond donors (Lipinski definition) is 1. The van der Waals surface area contributed by atoms with Crippen LogP contribution in [0.5, 0.6) is 0 Å². The molecule has 18 heavy (non-hydrogen) atoms. The second kappa shape index (κ2) is 6.50. The molecule has 2 heterocycles. The maximum Gasteiger partial charge on any atom is 0.228 e. The summed E-state index contributed by atoms with van der Waals surface area (Å²) < 4.78 is 0. The van der Waals surface area contributed by atoms with Gasteiger partial charge in [-0.1, -0.05) is 6.07 Å². The van der Waals surface area contributed by atoms with Gasteiger partial charge in [-0.25, -0.2) is 0 Å². The van der Waals surface area contributed by atoms with E-state index in [0.29, 0.717) is 12.3 Å². The van der Waals surface area contributed by atoms with Crippen LogP contribution in [0.1, 0.15) is 18.5 Å². The highest BCUT2D eigenvalue weighted by Crippen LogP contribution is 2.16. The number of likely N-dealkylation sites (tertiary alicyclic amines) is 1. The molecule has 1 N–H and O–H groups in total. The lowest BCUT2D eigenvalue weighted by Gasteiger charge is -2.32. The second-order valence-electron chi connectivity index (χ2n) is 4.90. The van der Waals surface area contributed by atoms with E-state index in [-0.39, 0.29) is 5.91 Å². The number of rotatable bonds is 4. The number of nitrogens with one attached hydrogen (secondary N) is 1. The maximum absolute atomic E-state index is 12.2. The molecule has 0 bridgehead atoms. The van der Waals surface area contributed by atoms with Gasteiger partial charge in [0, 0.05) is 25.0 Å². The lowest BCUT2D eigenvalue weighted by Crippen LogP contribution is -2.43. The van der Waals surface area contributed by atoms with Crippen molar-refractivity contribution in [3.8, 4) is 0 Å². The highest BCUT2D eigenvalue weighted by atomic mass is 16.2. The van der Waals surface area contributed by atoms with E-state index in [2.05, 4.69) is 10.3 Å². The Hall–Kier alpha value is -1.42. The van der Waals surface area contributed by atoms with Crippen LogP contribution in [0, 0.1) is 5.92 Å². The number of nitrogens with zero attached hydrogens (tertiary/aromatic N) is 2. The van der Waals surface area contributed by atoms with E-state index in [1.54, 1.807) is 6.20 Å². The van der Waals surface area contributed by atoms with Crippen LogP contribution in [0.25, 0.3) is 0 Å². The number of pyridine rings is 1. The van der Waals surface area contributed by atoms with Gasteiger partial charge in [0.15, 0.2) is 0 Å². The molecule has 1 aromatic rings. The Balaban J connectivity index is 1.88. The zero-order valence-corrected chi connectivity index (χ0v) is 10.9. The molecule has 0 saturated carbocycles. The fraction of sp³-hybridized carbons (Fsp3) is 0.571. The largest absolute Gasteiger partial charge is 0.342 e. The molecular formula is C14H21N3O. The van der Waals surface area contributed by atoms with Crippen molar-refractivity contribution < 1.29 is 4.79 Å². The van der Waals surface area contributed by atoms with Crippen LogP contribution in [0.3, 0.4) is 0 Å². The molecule has 1 aliphatic heterocycles. The number of carbonyl (C=O) groups excluding carboxylic acids is 1. The van der Waals surface area contributed by atoms with E-state index in [1.165, 1.54) is 6.42 Å². The van der Waals surface area contributed by atoms with Crippen LogP contribution in [-0.2, 0) is 11.2 Å². The molecule has 4 heteroatoms. The lowest BCUT2D eigenvalue weighted by molar-refractivity contribution is -0.132. The summed E-state index contributed by atoms with van der Waals surface area (Å²) >= 11 is 0. The highest BCUT2D eigenvalue weighted by molar-refractivity contribution is 5.78. The van der Waals surface area contributed by atoms with Gasteiger partial charge in [0.25, 0.3) is 0 Å². The molecular weight excluding hydrogens is 226 g/mol. The van der Waals surface area contributed by atoms with E-state index in [1.807, 2.05) is 30.1 Å². The van der Waals surface area contributed by atoms with Crippen LogP contribution in [-0.4, -0.2) is 42.5 Å². The summed E-state index contributed by atoms with van der Waals surface area (Å²) in [6.45, 7) is 2.77. The minimum Gasteiger partial charge on any atom is -0.342 e. The van der Waals surface area contributed by atoms with Crippen molar-refractivity contribution in [2.45, 2.75) is 19.3 Å². The third kappa shape index (κ3) is 3.53. The van der Waals surface area contributed by atoms with Crippen LogP contribution < -0.4 is 5.32 Å². The first-order valence-electron chi connectivity index (χ1n) is 6.62. The topological polar surface area (TPSA) is 45.2 Å². The number of carbonyl (C=O) groups is 1. The molecule has 0 radical (unpaired) electrons. The smallest absolute Gasteiger partial charge is 0.228 e. The van der Waals surface area contributed by atoms with Crippen molar-refractivity contribution in [1.29, 1.82) is 0 Å². The minimum atomic E-state index is 0.203. The third-order valence-corrected chi connectivity index (χ3v) is 3.42. The van der Waals surface area contributed by atoms with Gasteiger partial charge in [0.1, 0.15) is 0 Å². The lowest BCUT2D eigenvalue weighted by atomic mass is 9.97. The molecule has 1 aliphatic rings. The Kier molecular flexibility index (Phi) is 4.70. The summed E-state index contributed by atoms with van der Waals surface area (Å²) in [5.74, 6) is 0.797. The van der Waals surface area contributed by atoms with Gasteiger partial charge in [-0.3, -0.25) is 9.78 Å². The van der Waals surface area contributed by atoms with Crippen LogP contribution >= 0.6 is 0 Å². The number of aromatic nitrogens is 1. The van der Waals surface area contributed by atoms with Crippen molar-refractivity contribution in [3.05, 3.63) is 30.1 Å². The van der Waals surface area contributed by atoms with Crippen molar-refractivity contribution in [2.75, 3.05) is 26.7 Å². The summed E-state index contributed by atoms with van der Waals surface area (Å²) in [6, 6.07) is 5.71. The maximum atomic E-state index is 12.2. The van der Waals surface area contributed by atoms with Crippen molar-refractivity contribution >= 4 is 5.91 Å². The van der Waals surface area contributed by atoms with Gasteiger partial charge >= 0.3 is 0 Å². The van der Waals surface area contributed by atoms with Gasteiger partial charge in [-0.2, -0.15) is 0 Å². The average Bonchev–Trinajstić information content (AvgIpc) is 2.40. The predicted molar refractivity (Wildman–Crippen MR) is 71.2 cm³/mol. The van der Waals surface area contributed by atoms with Crippen molar-refractivity contribution in [2.24, 2.45) is 5.92 Å². The number of piperidine rings is 1. The third-order valence-electron chi connectivity index (χ3n) is 3.42. The molecule has 98 valence electrons. The summed E-state index contributed by atoms with van der Waals surface area (Å²) in [5, 5.41) is 3.20. The monoisotopic (exact) mass is 247 g/mol. The molecule has 1 aromatic heterocycles. The number of amides is 1. The van der Waals surface area contributed by atoms with Gasteiger partial charge in [-0.05, 0) is 44.5 Å². The van der Waals surface area contributed by atoms with Crippen molar-refractivity contribution in [1.82, 2.24) is 15.2 Å². The summed E-state index contributed by atoms with van der Waals surface area (Å²) in [7, 11) is 1.97. The van der Waals surface area contributed by atoms with E-state index in [0.717, 1.165) is 31.7 Å². The van der Waals surface area contributed by atoms with E-state index in [9.17, 15) is 4.79 Å². The van der Waals surface area contributed by atoms with E-state index in [4.69, 9.17) is 0 Å². The fourth-order valence-corrected chi connectivity index (χ4v) is 2.52. The zero-order valence-electron chi connectivity index (χ0n) is 10.9. The van der Waals surface area contributed by atoms with E-state index < -0.39 is 0 Å². The predicted octanol–water partition coefficient (Wildman–Crippen LogP) is 1.08. The Morgan fingerprint density at radius 2 is 2.44 bits per heavy atom. The quantitative estimate of drug-likeness (QED) is 0.866.